The third-order valence-corrected chi connectivity index (χ3v) is 6.80. The second-order valence-corrected chi connectivity index (χ2v) is 8.57. The van der Waals surface area contributed by atoms with E-state index in [0.29, 0.717) is 17.9 Å². The van der Waals surface area contributed by atoms with Crippen LogP contribution in [-0.4, -0.2) is 31.7 Å². The van der Waals surface area contributed by atoms with Gasteiger partial charge in [-0.2, -0.15) is 4.52 Å². The Morgan fingerprint density at radius 1 is 1.20 bits per heavy atom. The van der Waals surface area contributed by atoms with Gasteiger partial charge in [-0.25, -0.2) is 9.78 Å². The maximum atomic E-state index is 13.3. The van der Waals surface area contributed by atoms with Crippen LogP contribution in [0.15, 0.2) is 35.1 Å². The quantitative estimate of drug-likeness (QED) is 0.462. The molecule has 5 rings (SSSR count). The summed E-state index contributed by atoms with van der Waals surface area (Å²) < 4.78 is 7.98. The fourth-order valence-corrected chi connectivity index (χ4v) is 5.53. The highest BCUT2D eigenvalue weighted by Crippen LogP contribution is 2.37. The molecule has 3 heterocycles. The normalized spacial score (nSPS) is 13.6. The van der Waals surface area contributed by atoms with Crippen molar-refractivity contribution in [1.29, 1.82) is 0 Å². The van der Waals surface area contributed by atoms with E-state index in [1.165, 1.54) is 19.5 Å². The van der Waals surface area contributed by atoms with Gasteiger partial charge in [-0.15, -0.1) is 16.4 Å². The van der Waals surface area contributed by atoms with E-state index in [2.05, 4.69) is 5.10 Å². The Labute approximate surface area is 176 Å². The Morgan fingerprint density at radius 3 is 2.80 bits per heavy atom. The summed E-state index contributed by atoms with van der Waals surface area (Å²) in [5.74, 6) is 0.181. The van der Waals surface area contributed by atoms with Crippen LogP contribution < -0.4 is 5.69 Å². The van der Waals surface area contributed by atoms with Crippen molar-refractivity contribution < 1.29 is 9.53 Å². The SMILES string of the molecule is CCOC(=O)Cn1c(=O)n2nc(Cc3ccccc3)nc2c2c3c(sc21)CCCC3. The zero-order valence-corrected chi connectivity index (χ0v) is 17.6. The molecule has 1 aliphatic rings. The third-order valence-electron chi connectivity index (χ3n) is 5.48. The lowest BCUT2D eigenvalue weighted by atomic mass is 9.97. The average Bonchev–Trinajstić information content (AvgIpc) is 3.33. The summed E-state index contributed by atoms with van der Waals surface area (Å²) in [6.07, 6.45) is 4.77. The molecular formula is C22H22N4O3S. The van der Waals surface area contributed by atoms with Crippen LogP contribution in [0.5, 0.6) is 0 Å². The first-order valence-electron chi connectivity index (χ1n) is 10.3. The topological polar surface area (TPSA) is 78.5 Å². The van der Waals surface area contributed by atoms with E-state index in [0.717, 1.165) is 41.5 Å². The van der Waals surface area contributed by atoms with Crippen LogP contribution in [0.25, 0.3) is 15.9 Å². The monoisotopic (exact) mass is 422 g/mol. The van der Waals surface area contributed by atoms with Crippen LogP contribution in [0, 0.1) is 0 Å². The molecule has 7 nitrogen and oxygen atoms in total. The smallest absolute Gasteiger partial charge is 0.352 e. The molecule has 3 aromatic heterocycles. The van der Waals surface area contributed by atoms with E-state index < -0.39 is 5.97 Å². The highest BCUT2D eigenvalue weighted by atomic mass is 32.1. The van der Waals surface area contributed by atoms with Gasteiger partial charge in [-0.3, -0.25) is 9.36 Å². The van der Waals surface area contributed by atoms with E-state index in [4.69, 9.17) is 9.72 Å². The number of thiophene rings is 1. The lowest BCUT2D eigenvalue weighted by molar-refractivity contribution is -0.143. The van der Waals surface area contributed by atoms with Gasteiger partial charge in [0.15, 0.2) is 11.5 Å². The standard InChI is InChI=1S/C22H22N4O3S/c1-2-29-18(27)13-25-21-19(15-10-6-7-11-16(15)30-21)20-23-17(24-26(20)22(25)28)12-14-8-4-3-5-9-14/h3-5,8-9H,2,6-7,10-13H2,1H3. The molecule has 4 aromatic rings. The van der Waals surface area contributed by atoms with E-state index in [9.17, 15) is 9.59 Å². The summed E-state index contributed by atoms with van der Waals surface area (Å²) in [6.45, 7) is 1.92. The molecule has 1 aromatic carbocycles. The lowest BCUT2D eigenvalue weighted by Gasteiger charge is -2.10. The van der Waals surface area contributed by atoms with Gasteiger partial charge in [0.05, 0.1) is 12.0 Å². The first-order valence-corrected chi connectivity index (χ1v) is 11.1. The zero-order chi connectivity index (χ0) is 20.7. The number of rotatable bonds is 5. The van der Waals surface area contributed by atoms with Crippen molar-refractivity contribution in [1.82, 2.24) is 19.2 Å². The molecule has 0 N–H and O–H groups in total. The minimum absolute atomic E-state index is 0.119. The van der Waals surface area contributed by atoms with Crippen LogP contribution >= 0.6 is 11.3 Å². The molecule has 0 amide bonds. The fraction of sp³-hybridized carbons (Fsp3) is 0.364. The Kier molecular flexibility index (Phi) is 4.86. The van der Waals surface area contributed by atoms with Gasteiger partial charge >= 0.3 is 11.7 Å². The number of fused-ring (bicyclic) bond motifs is 5. The minimum Gasteiger partial charge on any atom is -0.465 e. The highest BCUT2D eigenvalue weighted by Gasteiger charge is 2.25. The molecule has 0 aliphatic heterocycles. The Hall–Kier alpha value is -3.00. The van der Waals surface area contributed by atoms with E-state index >= 15 is 0 Å². The van der Waals surface area contributed by atoms with Crippen molar-refractivity contribution in [2.24, 2.45) is 0 Å². The number of hydrogen-bond donors (Lipinski definition) is 0. The third kappa shape index (κ3) is 3.21. The second-order valence-electron chi connectivity index (χ2n) is 7.49. The van der Waals surface area contributed by atoms with Crippen molar-refractivity contribution in [3.8, 4) is 0 Å². The first-order chi connectivity index (χ1) is 14.7. The number of benzene rings is 1. The number of ether oxygens (including phenoxy) is 1. The van der Waals surface area contributed by atoms with Crippen LogP contribution in [0.4, 0.5) is 0 Å². The molecule has 8 heteroatoms. The van der Waals surface area contributed by atoms with Gasteiger partial charge in [0, 0.05) is 11.3 Å². The first kappa shape index (κ1) is 19.0. The average molecular weight is 423 g/mol. The Bertz CT molecular complexity index is 1300. The van der Waals surface area contributed by atoms with Crippen molar-refractivity contribution in [2.75, 3.05) is 6.61 Å². The van der Waals surface area contributed by atoms with Crippen molar-refractivity contribution >= 4 is 33.2 Å². The van der Waals surface area contributed by atoms with E-state index in [-0.39, 0.29) is 18.8 Å². The molecule has 154 valence electrons. The summed E-state index contributed by atoms with van der Waals surface area (Å²) >= 11 is 1.60. The highest BCUT2D eigenvalue weighted by molar-refractivity contribution is 7.19. The molecule has 0 bridgehead atoms. The molecule has 0 unspecified atom stereocenters. The summed E-state index contributed by atoms with van der Waals surface area (Å²) in [5, 5.41) is 5.49. The number of esters is 1. The van der Waals surface area contributed by atoms with Crippen molar-refractivity contribution in [3.63, 3.8) is 0 Å². The molecule has 30 heavy (non-hydrogen) atoms. The number of carbonyl (C=O) groups excluding carboxylic acids is 1. The number of aromatic nitrogens is 4. The molecule has 1 aliphatic carbocycles. The number of aryl methyl sites for hydroxylation is 2. The summed E-state index contributed by atoms with van der Waals surface area (Å²) in [6, 6.07) is 9.96. The van der Waals surface area contributed by atoms with Gasteiger partial charge in [-0.05, 0) is 43.7 Å². The molecule has 0 spiro atoms. The maximum absolute atomic E-state index is 13.3. The minimum atomic E-state index is -0.420. The Morgan fingerprint density at radius 2 is 2.00 bits per heavy atom. The molecule has 0 fully saturated rings. The van der Waals surface area contributed by atoms with Gasteiger partial charge in [0.25, 0.3) is 0 Å². The molecule has 0 radical (unpaired) electrons. The molecular weight excluding hydrogens is 400 g/mol. The summed E-state index contributed by atoms with van der Waals surface area (Å²) in [7, 11) is 0. The Balaban J connectivity index is 1.72. The zero-order valence-electron chi connectivity index (χ0n) is 16.8. The largest absolute Gasteiger partial charge is 0.465 e. The van der Waals surface area contributed by atoms with E-state index in [1.807, 2.05) is 30.3 Å². The van der Waals surface area contributed by atoms with Crippen molar-refractivity contribution in [3.05, 3.63) is 62.6 Å². The lowest BCUT2D eigenvalue weighted by Crippen LogP contribution is -2.30. The van der Waals surface area contributed by atoms with Crippen LogP contribution in [0.3, 0.4) is 0 Å². The number of nitrogens with zero attached hydrogens (tertiary/aromatic N) is 4. The van der Waals surface area contributed by atoms with Crippen molar-refractivity contribution in [2.45, 2.75) is 45.6 Å². The molecule has 0 atom stereocenters. The van der Waals surface area contributed by atoms with Crippen LogP contribution in [0.2, 0.25) is 0 Å². The van der Waals surface area contributed by atoms with Crippen LogP contribution in [0.1, 0.15) is 41.6 Å². The van der Waals surface area contributed by atoms with Gasteiger partial charge in [0.1, 0.15) is 11.4 Å². The summed E-state index contributed by atoms with van der Waals surface area (Å²) in [4.78, 5) is 32.3. The number of carbonyl (C=O) groups is 1. The summed E-state index contributed by atoms with van der Waals surface area (Å²) in [5.41, 5.74) is 2.59. The molecule has 0 saturated heterocycles. The maximum Gasteiger partial charge on any atom is 0.352 e. The fourth-order valence-electron chi connectivity index (χ4n) is 4.15. The number of hydrogen-bond acceptors (Lipinski definition) is 6. The predicted molar refractivity (Wildman–Crippen MR) is 115 cm³/mol. The predicted octanol–water partition coefficient (Wildman–Crippen LogP) is 3.14. The molecule has 0 saturated carbocycles. The van der Waals surface area contributed by atoms with Gasteiger partial charge in [-0.1, -0.05) is 30.3 Å². The van der Waals surface area contributed by atoms with Gasteiger partial charge in [0.2, 0.25) is 0 Å². The van der Waals surface area contributed by atoms with Crippen LogP contribution in [-0.2, 0) is 35.3 Å². The van der Waals surface area contributed by atoms with Gasteiger partial charge < -0.3 is 4.74 Å². The second kappa shape index (κ2) is 7.68. The van der Waals surface area contributed by atoms with E-state index in [1.54, 1.807) is 18.3 Å².